The Bertz CT molecular complexity index is 518. The minimum absolute atomic E-state index is 0.0341. The molecule has 3 atom stereocenters. The van der Waals surface area contributed by atoms with Crippen molar-refractivity contribution < 1.29 is 14.5 Å². The fourth-order valence-electron chi connectivity index (χ4n) is 2.28. The Labute approximate surface area is 116 Å². The van der Waals surface area contributed by atoms with Gasteiger partial charge in [0, 0.05) is 18.7 Å². The van der Waals surface area contributed by atoms with Gasteiger partial charge in [0.25, 0.3) is 11.6 Å². The van der Waals surface area contributed by atoms with E-state index in [1.165, 1.54) is 18.2 Å². The highest BCUT2D eigenvalue weighted by Gasteiger charge is 2.41. The summed E-state index contributed by atoms with van der Waals surface area (Å²) >= 11 is 0. The van der Waals surface area contributed by atoms with E-state index in [2.05, 4.69) is 5.32 Å². The highest BCUT2D eigenvalue weighted by molar-refractivity contribution is 5.98. The quantitative estimate of drug-likeness (QED) is 0.613. The normalized spacial score (nSPS) is 24.8. The van der Waals surface area contributed by atoms with Gasteiger partial charge in [-0.3, -0.25) is 14.9 Å². The minimum Gasteiger partial charge on any atom is -0.376 e. The smallest absolute Gasteiger partial charge is 0.282 e. The summed E-state index contributed by atoms with van der Waals surface area (Å²) in [7, 11) is 0. The van der Waals surface area contributed by atoms with E-state index >= 15 is 0 Å². The molecule has 1 aromatic carbocycles. The number of hydrogen-bond donors (Lipinski definition) is 2. The first kappa shape index (κ1) is 14.4. The lowest BCUT2D eigenvalue weighted by Gasteiger charge is -2.42. The van der Waals surface area contributed by atoms with E-state index in [1.807, 2.05) is 6.92 Å². The zero-order chi connectivity index (χ0) is 14.7. The molecule has 108 valence electrons. The van der Waals surface area contributed by atoms with Crippen molar-refractivity contribution in [2.75, 3.05) is 6.61 Å². The standard InChI is InChI=1S/C13H17N3O4/c1-2-20-11-7-9(14)12(11)15-13(17)8-5-3-4-6-10(8)16(18)19/h3-6,9,11-12H,2,7,14H2,1H3,(H,15,17). The number of nitro groups is 1. The van der Waals surface area contributed by atoms with E-state index < -0.39 is 10.8 Å². The van der Waals surface area contributed by atoms with Gasteiger partial charge in [-0.2, -0.15) is 0 Å². The molecule has 7 nitrogen and oxygen atoms in total. The molecule has 0 spiro atoms. The van der Waals surface area contributed by atoms with Crippen LogP contribution in [0.25, 0.3) is 0 Å². The fourth-order valence-corrected chi connectivity index (χ4v) is 2.28. The van der Waals surface area contributed by atoms with Gasteiger partial charge >= 0.3 is 0 Å². The van der Waals surface area contributed by atoms with Crippen LogP contribution in [0.4, 0.5) is 5.69 Å². The molecule has 3 N–H and O–H groups in total. The Hall–Kier alpha value is -1.99. The molecule has 1 aliphatic rings. The molecule has 0 radical (unpaired) electrons. The summed E-state index contributed by atoms with van der Waals surface area (Å²) in [5.74, 6) is -0.498. The van der Waals surface area contributed by atoms with Gasteiger partial charge in [-0.05, 0) is 19.4 Å². The van der Waals surface area contributed by atoms with Crippen molar-refractivity contribution in [3.05, 3.63) is 39.9 Å². The molecule has 7 heteroatoms. The fraction of sp³-hybridized carbons (Fsp3) is 0.462. The van der Waals surface area contributed by atoms with Crippen molar-refractivity contribution in [3.63, 3.8) is 0 Å². The van der Waals surface area contributed by atoms with E-state index in [0.717, 1.165) is 0 Å². The second kappa shape index (κ2) is 5.98. The van der Waals surface area contributed by atoms with Crippen LogP contribution in [-0.2, 0) is 4.74 Å². The van der Waals surface area contributed by atoms with Crippen molar-refractivity contribution in [1.82, 2.24) is 5.32 Å². The summed E-state index contributed by atoms with van der Waals surface area (Å²) in [5.41, 5.74) is 5.66. The molecule has 1 aromatic rings. The predicted octanol–water partition coefficient (Wildman–Crippen LogP) is 0.829. The molecule has 20 heavy (non-hydrogen) atoms. The molecule has 0 aromatic heterocycles. The van der Waals surface area contributed by atoms with Crippen molar-refractivity contribution in [1.29, 1.82) is 0 Å². The van der Waals surface area contributed by atoms with Crippen LogP contribution in [0, 0.1) is 10.1 Å². The molecule has 1 fully saturated rings. The van der Waals surface area contributed by atoms with Crippen LogP contribution in [0.5, 0.6) is 0 Å². The predicted molar refractivity (Wildman–Crippen MR) is 72.4 cm³/mol. The maximum Gasteiger partial charge on any atom is 0.282 e. The average molecular weight is 279 g/mol. The molecule has 3 unspecified atom stereocenters. The number of nitrogens with two attached hydrogens (primary N) is 1. The third kappa shape index (κ3) is 2.78. The van der Waals surface area contributed by atoms with Gasteiger partial charge in [-0.15, -0.1) is 0 Å². The monoisotopic (exact) mass is 279 g/mol. The number of carbonyl (C=O) groups is 1. The van der Waals surface area contributed by atoms with Crippen LogP contribution < -0.4 is 11.1 Å². The Balaban J connectivity index is 2.11. The molecule has 1 amide bonds. The SMILES string of the molecule is CCOC1CC(N)C1NC(=O)c1ccccc1[N+](=O)[O-]. The second-order valence-corrected chi connectivity index (χ2v) is 4.67. The molecular formula is C13H17N3O4. The zero-order valence-corrected chi connectivity index (χ0v) is 11.1. The van der Waals surface area contributed by atoms with Crippen LogP contribution in [-0.4, -0.2) is 35.6 Å². The van der Waals surface area contributed by atoms with Crippen molar-refractivity contribution in [2.45, 2.75) is 31.5 Å². The molecule has 0 saturated heterocycles. The lowest BCUT2D eigenvalue weighted by molar-refractivity contribution is -0.385. The van der Waals surface area contributed by atoms with Gasteiger partial charge < -0.3 is 15.8 Å². The van der Waals surface area contributed by atoms with Crippen LogP contribution in [0.2, 0.25) is 0 Å². The molecule has 0 aliphatic heterocycles. The van der Waals surface area contributed by atoms with E-state index in [0.29, 0.717) is 13.0 Å². The lowest BCUT2D eigenvalue weighted by atomic mass is 9.83. The molecular weight excluding hydrogens is 262 g/mol. The molecule has 0 bridgehead atoms. The number of benzene rings is 1. The van der Waals surface area contributed by atoms with Crippen LogP contribution in [0.1, 0.15) is 23.7 Å². The summed E-state index contributed by atoms with van der Waals surface area (Å²) in [4.78, 5) is 22.5. The zero-order valence-electron chi connectivity index (χ0n) is 11.1. The lowest BCUT2D eigenvalue weighted by Crippen LogP contribution is -2.64. The van der Waals surface area contributed by atoms with Gasteiger partial charge in [-0.1, -0.05) is 12.1 Å². The Morgan fingerprint density at radius 2 is 2.25 bits per heavy atom. The summed E-state index contributed by atoms with van der Waals surface area (Å²) in [6.45, 7) is 2.40. The average Bonchev–Trinajstić information content (AvgIpc) is 2.44. The van der Waals surface area contributed by atoms with Crippen molar-refractivity contribution in [2.24, 2.45) is 5.73 Å². The Morgan fingerprint density at radius 3 is 2.85 bits per heavy atom. The maximum absolute atomic E-state index is 12.1. The first-order valence-electron chi connectivity index (χ1n) is 6.46. The Kier molecular flexibility index (Phi) is 4.31. The topological polar surface area (TPSA) is 107 Å². The summed E-state index contributed by atoms with van der Waals surface area (Å²) in [6.07, 6.45) is 0.553. The first-order chi connectivity index (χ1) is 9.54. The second-order valence-electron chi connectivity index (χ2n) is 4.67. The summed E-state index contributed by atoms with van der Waals surface area (Å²) in [6, 6.07) is 5.35. The van der Waals surface area contributed by atoms with E-state index in [-0.39, 0.29) is 29.4 Å². The van der Waals surface area contributed by atoms with Gasteiger partial charge in [0.15, 0.2) is 0 Å². The van der Waals surface area contributed by atoms with Gasteiger partial charge in [-0.25, -0.2) is 0 Å². The van der Waals surface area contributed by atoms with E-state index in [1.54, 1.807) is 6.07 Å². The number of nitro benzene ring substituents is 1. The van der Waals surface area contributed by atoms with Crippen LogP contribution >= 0.6 is 0 Å². The molecule has 1 saturated carbocycles. The largest absolute Gasteiger partial charge is 0.376 e. The van der Waals surface area contributed by atoms with Crippen molar-refractivity contribution in [3.8, 4) is 0 Å². The highest BCUT2D eigenvalue weighted by atomic mass is 16.6. The number of amides is 1. The summed E-state index contributed by atoms with van der Waals surface area (Å²) < 4.78 is 5.45. The van der Waals surface area contributed by atoms with Crippen LogP contribution in [0.15, 0.2) is 24.3 Å². The third-order valence-corrected chi connectivity index (χ3v) is 3.39. The molecule has 0 heterocycles. The third-order valence-electron chi connectivity index (χ3n) is 3.39. The number of ether oxygens (including phenoxy) is 1. The first-order valence-corrected chi connectivity index (χ1v) is 6.46. The highest BCUT2D eigenvalue weighted by Crippen LogP contribution is 2.24. The Morgan fingerprint density at radius 1 is 1.55 bits per heavy atom. The number of carbonyl (C=O) groups excluding carboxylic acids is 1. The van der Waals surface area contributed by atoms with Gasteiger partial charge in [0.2, 0.25) is 0 Å². The number of nitrogens with zero attached hydrogens (tertiary/aromatic N) is 1. The minimum atomic E-state index is -0.574. The number of nitrogens with one attached hydrogen (secondary N) is 1. The number of rotatable bonds is 5. The number of para-hydroxylation sites is 1. The van der Waals surface area contributed by atoms with E-state index in [9.17, 15) is 14.9 Å². The number of hydrogen-bond acceptors (Lipinski definition) is 5. The van der Waals surface area contributed by atoms with Gasteiger partial charge in [0.05, 0.1) is 17.1 Å². The maximum atomic E-state index is 12.1. The van der Waals surface area contributed by atoms with Crippen molar-refractivity contribution >= 4 is 11.6 Å². The summed E-state index contributed by atoms with van der Waals surface area (Å²) in [5, 5.41) is 13.6. The van der Waals surface area contributed by atoms with Crippen LogP contribution in [0.3, 0.4) is 0 Å². The van der Waals surface area contributed by atoms with E-state index in [4.69, 9.17) is 10.5 Å². The molecule has 2 rings (SSSR count). The molecule has 1 aliphatic carbocycles. The van der Waals surface area contributed by atoms with Gasteiger partial charge in [0.1, 0.15) is 5.56 Å².